The number of Topliss-reactive ketones (excluding diaryl/α,β-unsaturated/α-hetero) is 1. The highest BCUT2D eigenvalue weighted by atomic mass is 16.6. The average Bonchev–Trinajstić information content (AvgIpc) is 2.32. The molecule has 0 saturated carbocycles. The van der Waals surface area contributed by atoms with Crippen molar-refractivity contribution in [3.63, 3.8) is 0 Å². The second-order valence-corrected chi connectivity index (χ2v) is 8.03. The fourth-order valence-corrected chi connectivity index (χ4v) is 2.05. The smallest absolute Gasteiger partial charge is 0.407 e. The zero-order valence-electron chi connectivity index (χ0n) is 15.4. The Kier molecular flexibility index (Phi) is 7.74. The lowest BCUT2D eigenvalue weighted by Gasteiger charge is -2.26. The number of alkyl carbamates (subject to hydrolysis) is 1. The van der Waals surface area contributed by atoms with Crippen molar-refractivity contribution in [1.29, 1.82) is 0 Å². The monoisotopic (exact) mass is 329 g/mol. The highest BCUT2D eigenvalue weighted by Crippen LogP contribution is 2.24. The number of carbonyl (C=O) groups excluding carboxylic acids is 2. The molecule has 2 N–H and O–H groups in total. The van der Waals surface area contributed by atoms with Crippen molar-refractivity contribution in [2.24, 2.45) is 17.3 Å². The topological polar surface area (TPSA) is 92.7 Å². The van der Waals surface area contributed by atoms with Gasteiger partial charge in [0, 0.05) is 18.4 Å². The molecule has 0 aromatic carbocycles. The molecular weight excluding hydrogens is 298 g/mol. The van der Waals surface area contributed by atoms with Crippen LogP contribution < -0.4 is 5.32 Å². The van der Waals surface area contributed by atoms with Gasteiger partial charge in [-0.15, -0.1) is 0 Å². The summed E-state index contributed by atoms with van der Waals surface area (Å²) in [5.41, 5.74) is -1.45. The van der Waals surface area contributed by atoms with E-state index in [-0.39, 0.29) is 24.7 Å². The summed E-state index contributed by atoms with van der Waals surface area (Å²) in [6.07, 6.45) is -0.164. The van der Waals surface area contributed by atoms with E-state index < -0.39 is 29.0 Å². The van der Waals surface area contributed by atoms with E-state index >= 15 is 0 Å². The molecule has 134 valence electrons. The highest BCUT2D eigenvalue weighted by Gasteiger charge is 2.33. The molecule has 0 bridgehead atoms. The molecule has 0 radical (unpaired) electrons. The Balaban J connectivity index is 4.64. The second kappa shape index (κ2) is 8.31. The molecule has 23 heavy (non-hydrogen) atoms. The Hall–Kier alpha value is -1.59. The van der Waals surface area contributed by atoms with Crippen LogP contribution in [-0.4, -0.2) is 35.1 Å². The summed E-state index contributed by atoms with van der Waals surface area (Å²) < 4.78 is 5.13. The standard InChI is InChI=1S/C17H31NO5/c1-11(2)8-12(14(20)21)9-13(19)17(6,7)10-18-15(22)23-16(3,4)5/h11-12H,8-10H2,1-7H3,(H,18,22)(H,20,21)/t12-/m1/s1. The molecule has 0 aliphatic carbocycles. The quantitative estimate of drug-likeness (QED) is 0.713. The normalized spacial score (nSPS) is 13.6. The van der Waals surface area contributed by atoms with E-state index in [9.17, 15) is 19.5 Å². The molecule has 0 aromatic rings. The number of ketones is 1. The first-order valence-corrected chi connectivity index (χ1v) is 7.97. The largest absolute Gasteiger partial charge is 0.481 e. The van der Waals surface area contributed by atoms with Crippen LogP contribution in [0.3, 0.4) is 0 Å². The third-order valence-corrected chi connectivity index (χ3v) is 3.37. The lowest BCUT2D eigenvalue weighted by Crippen LogP contribution is -2.42. The minimum Gasteiger partial charge on any atom is -0.481 e. The Morgan fingerprint density at radius 2 is 1.61 bits per heavy atom. The van der Waals surface area contributed by atoms with E-state index in [1.165, 1.54) is 0 Å². The van der Waals surface area contributed by atoms with E-state index in [2.05, 4.69) is 5.32 Å². The van der Waals surface area contributed by atoms with Crippen LogP contribution in [0.1, 0.15) is 61.3 Å². The predicted octanol–water partition coefficient (Wildman–Crippen LogP) is 3.24. The van der Waals surface area contributed by atoms with E-state index in [1.54, 1.807) is 34.6 Å². The van der Waals surface area contributed by atoms with E-state index in [0.29, 0.717) is 6.42 Å². The molecule has 0 rings (SSSR count). The van der Waals surface area contributed by atoms with Gasteiger partial charge >= 0.3 is 12.1 Å². The maximum atomic E-state index is 12.4. The van der Waals surface area contributed by atoms with Crippen molar-refractivity contribution in [3.05, 3.63) is 0 Å². The van der Waals surface area contributed by atoms with Crippen LogP contribution in [0, 0.1) is 17.3 Å². The zero-order valence-corrected chi connectivity index (χ0v) is 15.4. The number of nitrogens with one attached hydrogen (secondary N) is 1. The lowest BCUT2D eigenvalue weighted by atomic mass is 9.81. The van der Waals surface area contributed by atoms with Crippen LogP contribution in [0.5, 0.6) is 0 Å². The molecule has 0 heterocycles. The fourth-order valence-electron chi connectivity index (χ4n) is 2.05. The molecule has 0 fully saturated rings. The number of ether oxygens (including phenoxy) is 1. The molecule has 6 nitrogen and oxygen atoms in total. The molecule has 0 saturated heterocycles. The number of rotatable bonds is 8. The molecule has 0 aromatic heterocycles. The fraction of sp³-hybridized carbons (Fsp3) is 0.824. The molecule has 0 unspecified atom stereocenters. The summed E-state index contributed by atoms with van der Waals surface area (Å²) in [7, 11) is 0. The first-order chi connectivity index (χ1) is 10.2. The number of carboxylic acids is 1. The summed E-state index contributed by atoms with van der Waals surface area (Å²) in [6.45, 7) is 12.6. The summed E-state index contributed by atoms with van der Waals surface area (Å²) in [6, 6.07) is 0. The zero-order chi connectivity index (χ0) is 18.4. The van der Waals surface area contributed by atoms with Gasteiger partial charge in [-0.25, -0.2) is 4.79 Å². The first kappa shape index (κ1) is 21.4. The van der Waals surface area contributed by atoms with Gasteiger partial charge in [0.25, 0.3) is 0 Å². The van der Waals surface area contributed by atoms with Gasteiger partial charge in [-0.1, -0.05) is 27.7 Å². The van der Waals surface area contributed by atoms with Gasteiger partial charge in [0.1, 0.15) is 11.4 Å². The van der Waals surface area contributed by atoms with E-state index in [4.69, 9.17) is 4.74 Å². The Labute approximate surface area is 139 Å². The van der Waals surface area contributed by atoms with Crippen molar-refractivity contribution in [1.82, 2.24) is 5.32 Å². The van der Waals surface area contributed by atoms with Gasteiger partial charge in [0.15, 0.2) is 0 Å². The lowest BCUT2D eigenvalue weighted by molar-refractivity contribution is -0.145. The van der Waals surface area contributed by atoms with Gasteiger partial charge < -0.3 is 15.2 Å². The Morgan fingerprint density at radius 3 is 2.00 bits per heavy atom. The molecule has 6 heteroatoms. The van der Waals surface area contributed by atoms with Gasteiger partial charge in [0.05, 0.1) is 5.92 Å². The van der Waals surface area contributed by atoms with Crippen LogP contribution in [0.2, 0.25) is 0 Å². The van der Waals surface area contributed by atoms with Crippen LogP contribution in [0.15, 0.2) is 0 Å². The molecule has 0 aliphatic rings. The highest BCUT2D eigenvalue weighted by molar-refractivity contribution is 5.88. The van der Waals surface area contributed by atoms with Crippen LogP contribution in [-0.2, 0) is 14.3 Å². The van der Waals surface area contributed by atoms with Crippen LogP contribution in [0.25, 0.3) is 0 Å². The number of amides is 1. The minimum absolute atomic E-state index is 0.0312. The Morgan fingerprint density at radius 1 is 1.09 bits per heavy atom. The third-order valence-electron chi connectivity index (χ3n) is 3.37. The molecular formula is C17H31NO5. The van der Waals surface area contributed by atoms with Crippen LogP contribution in [0.4, 0.5) is 4.79 Å². The molecule has 1 amide bonds. The van der Waals surface area contributed by atoms with Crippen molar-refractivity contribution in [2.75, 3.05) is 6.54 Å². The summed E-state index contributed by atoms with van der Waals surface area (Å²) >= 11 is 0. The molecule has 0 spiro atoms. The van der Waals surface area contributed by atoms with Gasteiger partial charge in [-0.2, -0.15) is 0 Å². The van der Waals surface area contributed by atoms with Crippen molar-refractivity contribution >= 4 is 17.8 Å². The summed E-state index contributed by atoms with van der Waals surface area (Å²) in [5.74, 6) is -1.63. The molecule has 0 aliphatic heterocycles. The minimum atomic E-state index is -0.956. The van der Waals surface area contributed by atoms with E-state index in [1.807, 2.05) is 13.8 Å². The number of hydrogen-bond donors (Lipinski definition) is 2. The van der Waals surface area contributed by atoms with Gasteiger partial charge in [-0.05, 0) is 33.1 Å². The van der Waals surface area contributed by atoms with Crippen LogP contribution >= 0.6 is 0 Å². The summed E-state index contributed by atoms with van der Waals surface area (Å²) in [5, 5.41) is 11.8. The summed E-state index contributed by atoms with van der Waals surface area (Å²) in [4.78, 5) is 35.3. The van der Waals surface area contributed by atoms with E-state index in [0.717, 1.165) is 0 Å². The number of carbonyl (C=O) groups is 3. The maximum Gasteiger partial charge on any atom is 0.407 e. The predicted molar refractivity (Wildman–Crippen MR) is 88.2 cm³/mol. The maximum absolute atomic E-state index is 12.4. The number of carboxylic acid groups (broad SMARTS) is 1. The first-order valence-electron chi connectivity index (χ1n) is 7.97. The number of aliphatic carboxylic acids is 1. The van der Waals surface area contributed by atoms with Gasteiger partial charge in [0.2, 0.25) is 0 Å². The van der Waals surface area contributed by atoms with Crippen molar-refractivity contribution in [3.8, 4) is 0 Å². The van der Waals surface area contributed by atoms with Crippen molar-refractivity contribution in [2.45, 2.75) is 66.9 Å². The SMILES string of the molecule is CC(C)C[C@H](CC(=O)C(C)(C)CNC(=O)OC(C)(C)C)C(=O)O. The Bertz CT molecular complexity index is 435. The molecule has 1 atom stereocenters. The number of hydrogen-bond acceptors (Lipinski definition) is 4. The second-order valence-electron chi connectivity index (χ2n) is 8.03. The van der Waals surface area contributed by atoms with Gasteiger partial charge in [-0.3, -0.25) is 9.59 Å². The average molecular weight is 329 g/mol. The third kappa shape index (κ3) is 9.21. The van der Waals surface area contributed by atoms with Crippen molar-refractivity contribution < 1.29 is 24.2 Å².